The Labute approximate surface area is 81.7 Å². The molecule has 6 heteroatoms. The van der Waals surface area contributed by atoms with Crippen molar-refractivity contribution in [2.24, 2.45) is 0 Å². The number of rotatable bonds is 3. The molecule has 0 aliphatic carbocycles. The zero-order chi connectivity index (χ0) is 10.6. The molecular weight excluding hydrogens is 184 g/mol. The van der Waals surface area contributed by atoms with Gasteiger partial charge in [-0.25, -0.2) is 4.98 Å². The van der Waals surface area contributed by atoms with E-state index in [0.717, 1.165) is 0 Å². The molecule has 0 aliphatic rings. The van der Waals surface area contributed by atoms with Gasteiger partial charge in [-0.3, -0.25) is 4.79 Å². The van der Waals surface area contributed by atoms with Crippen LogP contribution in [-0.2, 0) is 0 Å². The van der Waals surface area contributed by atoms with Crippen molar-refractivity contribution in [3.8, 4) is 5.88 Å². The number of aromatic nitrogens is 2. The molecule has 1 rings (SSSR count). The number of nitrogens with one attached hydrogen (secondary N) is 2. The minimum Gasteiger partial charge on any atom is -0.479 e. The van der Waals surface area contributed by atoms with Crippen LogP contribution in [0.15, 0.2) is 6.20 Å². The standard InChI is InChI=1S/C8H12N4O2/c1-9-5-4-11-6(7(13)10-2)12-8(5)14-3/h4,9H,1-3H3,(H,10,13). The third-order valence-electron chi connectivity index (χ3n) is 1.65. The van der Waals surface area contributed by atoms with Crippen LogP contribution >= 0.6 is 0 Å². The van der Waals surface area contributed by atoms with Crippen LogP contribution in [0.2, 0.25) is 0 Å². The van der Waals surface area contributed by atoms with Crippen LogP contribution in [0.25, 0.3) is 0 Å². The third kappa shape index (κ3) is 1.90. The number of ether oxygens (including phenoxy) is 1. The average Bonchev–Trinajstić information content (AvgIpc) is 2.26. The monoisotopic (exact) mass is 196 g/mol. The lowest BCUT2D eigenvalue weighted by atomic mass is 10.4. The van der Waals surface area contributed by atoms with Gasteiger partial charge in [0, 0.05) is 14.1 Å². The molecule has 0 atom stereocenters. The van der Waals surface area contributed by atoms with E-state index in [1.165, 1.54) is 20.4 Å². The van der Waals surface area contributed by atoms with Crippen molar-refractivity contribution in [3.63, 3.8) is 0 Å². The Morgan fingerprint density at radius 2 is 2.21 bits per heavy atom. The first kappa shape index (κ1) is 10.2. The zero-order valence-electron chi connectivity index (χ0n) is 8.29. The highest BCUT2D eigenvalue weighted by atomic mass is 16.5. The summed E-state index contributed by atoms with van der Waals surface area (Å²) in [5.41, 5.74) is 0.639. The Morgan fingerprint density at radius 3 is 2.71 bits per heavy atom. The topological polar surface area (TPSA) is 76.1 Å². The minimum absolute atomic E-state index is 0.0864. The van der Waals surface area contributed by atoms with E-state index in [1.807, 2.05) is 0 Å². The fourth-order valence-electron chi connectivity index (χ4n) is 0.914. The van der Waals surface area contributed by atoms with E-state index < -0.39 is 0 Å². The van der Waals surface area contributed by atoms with Gasteiger partial charge in [0.1, 0.15) is 5.69 Å². The second-order valence-electron chi connectivity index (χ2n) is 2.45. The van der Waals surface area contributed by atoms with Gasteiger partial charge in [-0.1, -0.05) is 0 Å². The summed E-state index contributed by atoms with van der Waals surface area (Å²) >= 11 is 0. The predicted octanol–water partition coefficient (Wildman–Crippen LogP) is -0.114. The lowest BCUT2D eigenvalue weighted by Gasteiger charge is -2.06. The zero-order valence-corrected chi connectivity index (χ0v) is 8.29. The summed E-state index contributed by atoms with van der Waals surface area (Å²) in [5.74, 6) is 0.0930. The van der Waals surface area contributed by atoms with Crippen LogP contribution in [0.3, 0.4) is 0 Å². The number of hydrogen-bond acceptors (Lipinski definition) is 5. The highest BCUT2D eigenvalue weighted by molar-refractivity contribution is 5.90. The van der Waals surface area contributed by atoms with Crippen molar-refractivity contribution in [2.45, 2.75) is 0 Å². The number of methoxy groups -OCH3 is 1. The summed E-state index contributed by atoms with van der Waals surface area (Å²) in [5, 5.41) is 5.28. The smallest absolute Gasteiger partial charge is 0.288 e. The SMILES string of the molecule is CNC(=O)c1ncc(NC)c(OC)n1. The van der Waals surface area contributed by atoms with Crippen LogP contribution < -0.4 is 15.4 Å². The lowest BCUT2D eigenvalue weighted by Crippen LogP contribution is -2.21. The Bertz CT molecular complexity index is 340. The maximum atomic E-state index is 11.2. The second-order valence-corrected chi connectivity index (χ2v) is 2.45. The molecule has 1 amide bonds. The number of hydrogen-bond donors (Lipinski definition) is 2. The number of amides is 1. The maximum absolute atomic E-state index is 11.2. The largest absolute Gasteiger partial charge is 0.479 e. The van der Waals surface area contributed by atoms with Crippen LogP contribution in [0, 0.1) is 0 Å². The quantitative estimate of drug-likeness (QED) is 0.705. The van der Waals surface area contributed by atoms with Crippen LogP contribution in [0.5, 0.6) is 5.88 Å². The number of carbonyl (C=O) groups excluding carboxylic acids is 1. The Hall–Kier alpha value is -1.85. The van der Waals surface area contributed by atoms with Gasteiger partial charge in [-0.15, -0.1) is 0 Å². The molecular formula is C8H12N4O2. The molecule has 0 fully saturated rings. The molecule has 76 valence electrons. The normalized spacial score (nSPS) is 9.36. The van der Waals surface area contributed by atoms with E-state index in [1.54, 1.807) is 7.05 Å². The summed E-state index contributed by atoms with van der Waals surface area (Å²) in [6.45, 7) is 0. The molecule has 0 saturated heterocycles. The molecule has 6 nitrogen and oxygen atoms in total. The van der Waals surface area contributed by atoms with Crippen molar-refractivity contribution >= 4 is 11.6 Å². The molecule has 1 heterocycles. The van der Waals surface area contributed by atoms with Crippen molar-refractivity contribution in [2.75, 3.05) is 26.5 Å². The van der Waals surface area contributed by atoms with Crippen molar-refractivity contribution in [1.82, 2.24) is 15.3 Å². The van der Waals surface area contributed by atoms with E-state index in [-0.39, 0.29) is 11.7 Å². The number of carbonyl (C=O) groups is 1. The molecule has 0 aromatic carbocycles. The first-order valence-corrected chi connectivity index (χ1v) is 4.03. The molecule has 2 N–H and O–H groups in total. The Morgan fingerprint density at radius 1 is 1.50 bits per heavy atom. The summed E-state index contributed by atoms with van der Waals surface area (Å²) in [4.78, 5) is 19.0. The van der Waals surface area contributed by atoms with E-state index in [0.29, 0.717) is 11.6 Å². The highest BCUT2D eigenvalue weighted by Gasteiger charge is 2.11. The maximum Gasteiger partial charge on any atom is 0.288 e. The Kier molecular flexibility index (Phi) is 3.22. The average molecular weight is 196 g/mol. The van der Waals surface area contributed by atoms with E-state index >= 15 is 0 Å². The predicted molar refractivity (Wildman–Crippen MR) is 51.5 cm³/mol. The Balaban J connectivity index is 3.07. The molecule has 14 heavy (non-hydrogen) atoms. The third-order valence-corrected chi connectivity index (χ3v) is 1.65. The molecule has 0 unspecified atom stereocenters. The van der Waals surface area contributed by atoms with Crippen LogP contribution in [-0.4, -0.2) is 37.1 Å². The molecule has 1 aromatic rings. The van der Waals surface area contributed by atoms with Gasteiger partial charge in [-0.2, -0.15) is 4.98 Å². The molecule has 0 radical (unpaired) electrons. The van der Waals surface area contributed by atoms with Gasteiger partial charge < -0.3 is 15.4 Å². The van der Waals surface area contributed by atoms with E-state index in [9.17, 15) is 4.79 Å². The molecule has 0 bridgehead atoms. The van der Waals surface area contributed by atoms with Gasteiger partial charge >= 0.3 is 0 Å². The molecule has 0 saturated carbocycles. The van der Waals surface area contributed by atoms with Gasteiger partial charge in [-0.05, 0) is 0 Å². The van der Waals surface area contributed by atoms with Crippen molar-refractivity contribution < 1.29 is 9.53 Å². The van der Waals surface area contributed by atoms with Crippen molar-refractivity contribution in [1.29, 1.82) is 0 Å². The van der Waals surface area contributed by atoms with Crippen LogP contribution in [0.1, 0.15) is 10.6 Å². The summed E-state index contributed by atoms with van der Waals surface area (Å²) in [6, 6.07) is 0. The number of nitrogens with zero attached hydrogens (tertiary/aromatic N) is 2. The van der Waals surface area contributed by atoms with Crippen molar-refractivity contribution in [3.05, 3.63) is 12.0 Å². The fraction of sp³-hybridized carbons (Fsp3) is 0.375. The second kappa shape index (κ2) is 4.40. The van der Waals surface area contributed by atoms with E-state index in [4.69, 9.17) is 4.74 Å². The van der Waals surface area contributed by atoms with Crippen LogP contribution in [0.4, 0.5) is 5.69 Å². The van der Waals surface area contributed by atoms with Gasteiger partial charge in [0.15, 0.2) is 0 Å². The summed E-state index contributed by atoms with van der Waals surface area (Å²) < 4.78 is 4.98. The molecule has 0 spiro atoms. The summed E-state index contributed by atoms with van der Waals surface area (Å²) in [7, 11) is 4.72. The molecule has 0 aliphatic heterocycles. The van der Waals surface area contributed by atoms with Gasteiger partial charge in [0.05, 0.1) is 13.3 Å². The van der Waals surface area contributed by atoms with Gasteiger partial charge in [0.2, 0.25) is 11.7 Å². The first-order valence-electron chi connectivity index (χ1n) is 4.03. The first-order chi connectivity index (χ1) is 6.72. The molecule has 1 aromatic heterocycles. The highest BCUT2D eigenvalue weighted by Crippen LogP contribution is 2.18. The number of anilines is 1. The summed E-state index contributed by atoms with van der Waals surface area (Å²) in [6.07, 6.45) is 1.50. The van der Waals surface area contributed by atoms with Gasteiger partial charge in [0.25, 0.3) is 5.91 Å². The lowest BCUT2D eigenvalue weighted by molar-refractivity contribution is 0.0952. The fourth-order valence-corrected chi connectivity index (χ4v) is 0.914. The minimum atomic E-state index is -0.342. The van der Waals surface area contributed by atoms with E-state index in [2.05, 4.69) is 20.6 Å².